The molecule has 256 valence electrons. The highest BCUT2D eigenvalue weighted by Crippen LogP contribution is 2.63. The van der Waals surface area contributed by atoms with Crippen LogP contribution in [0.15, 0.2) is 205 Å². The lowest BCUT2D eigenvalue weighted by molar-refractivity contribution is 0.669. The van der Waals surface area contributed by atoms with Gasteiger partial charge >= 0.3 is 0 Å². The predicted molar refractivity (Wildman–Crippen MR) is 228 cm³/mol. The molecule has 12 rings (SSSR count). The van der Waals surface area contributed by atoms with Crippen molar-refractivity contribution in [3.8, 4) is 33.4 Å². The SMILES string of the molecule is c1ccc(-c2cccc3c2-c2ccc(N(c4ccccc4)c4ccc5c(c4)oc4ccccc45)cc2C32c3ccccc3-c3cccc4cccc2c34)cc1. The highest BCUT2D eigenvalue weighted by Gasteiger charge is 2.51. The van der Waals surface area contributed by atoms with Crippen molar-refractivity contribution in [3.05, 3.63) is 222 Å². The lowest BCUT2D eigenvalue weighted by Crippen LogP contribution is -2.32. The molecule has 1 spiro atoms. The molecule has 2 aliphatic carbocycles. The topological polar surface area (TPSA) is 16.4 Å². The first kappa shape index (κ1) is 30.3. The monoisotopic (exact) mass is 699 g/mol. The van der Waals surface area contributed by atoms with Crippen molar-refractivity contribution in [2.75, 3.05) is 4.90 Å². The molecule has 1 aromatic heterocycles. The number of nitrogens with zero attached hydrogens (tertiary/aromatic N) is 1. The molecule has 0 amide bonds. The van der Waals surface area contributed by atoms with Gasteiger partial charge in [-0.3, -0.25) is 0 Å². The van der Waals surface area contributed by atoms with Gasteiger partial charge in [0.25, 0.3) is 0 Å². The zero-order chi connectivity index (χ0) is 36.1. The molecule has 9 aromatic carbocycles. The third kappa shape index (κ3) is 4.14. The summed E-state index contributed by atoms with van der Waals surface area (Å²) in [7, 11) is 0. The third-order valence-electron chi connectivity index (χ3n) is 12.1. The molecule has 1 heterocycles. The van der Waals surface area contributed by atoms with E-state index in [0.29, 0.717) is 0 Å². The summed E-state index contributed by atoms with van der Waals surface area (Å²) in [6, 6.07) is 73.4. The molecular weight excluding hydrogens is 667 g/mol. The average Bonchev–Trinajstić information content (AvgIpc) is 3.77. The minimum absolute atomic E-state index is 0.555. The van der Waals surface area contributed by atoms with E-state index in [1.165, 1.54) is 66.4 Å². The zero-order valence-electron chi connectivity index (χ0n) is 29.9. The number of hydrogen-bond donors (Lipinski definition) is 0. The van der Waals surface area contributed by atoms with Gasteiger partial charge in [-0.25, -0.2) is 0 Å². The van der Waals surface area contributed by atoms with E-state index >= 15 is 0 Å². The van der Waals surface area contributed by atoms with Crippen molar-refractivity contribution in [1.82, 2.24) is 0 Å². The summed E-state index contributed by atoms with van der Waals surface area (Å²) < 4.78 is 6.45. The van der Waals surface area contributed by atoms with E-state index in [1.807, 2.05) is 12.1 Å². The van der Waals surface area contributed by atoms with Crippen LogP contribution in [0.1, 0.15) is 22.3 Å². The number of anilines is 3. The maximum absolute atomic E-state index is 6.45. The molecular formula is C53H33NO. The maximum Gasteiger partial charge on any atom is 0.137 e. The van der Waals surface area contributed by atoms with Crippen molar-refractivity contribution in [2.24, 2.45) is 0 Å². The zero-order valence-corrected chi connectivity index (χ0v) is 29.9. The molecule has 0 saturated heterocycles. The van der Waals surface area contributed by atoms with Crippen molar-refractivity contribution >= 4 is 49.8 Å². The van der Waals surface area contributed by atoms with Gasteiger partial charge in [0.2, 0.25) is 0 Å². The molecule has 2 heteroatoms. The molecule has 0 fully saturated rings. The quantitative estimate of drug-likeness (QED) is 0.182. The number of fused-ring (bicyclic) bond motifs is 12. The fourth-order valence-corrected chi connectivity index (χ4v) is 9.88. The summed E-state index contributed by atoms with van der Waals surface area (Å²) in [5.41, 5.74) is 17.3. The summed E-state index contributed by atoms with van der Waals surface area (Å²) in [5.74, 6) is 0. The van der Waals surface area contributed by atoms with Gasteiger partial charge in [-0.15, -0.1) is 0 Å². The van der Waals surface area contributed by atoms with E-state index in [-0.39, 0.29) is 0 Å². The van der Waals surface area contributed by atoms with Crippen LogP contribution in [0.3, 0.4) is 0 Å². The molecule has 0 radical (unpaired) electrons. The first-order valence-electron chi connectivity index (χ1n) is 19.0. The number of benzene rings is 9. The van der Waals surface area contributed by atoms with E-state index in [1.54, 1.807) is 0 Å². The molecule has 0 N–H and O–H groups in total. The number of rotatable bonds is 4. The largest absolute Gasteiger partial charge is 0.456 e. The summed E-state index contributed by atoms with van der Waals surface area (Å²) in [6.07, 6.45) is 0. The minimum Gasteiger partial charge on any atom is -0.456 e. The van der Waals surface area contributed by atoms with Gasteiger partial charge in [-0.2, -0.15) is 0 Å². The molecule has 2 nitrogen and oxygen atoms in total. The van der Waals surface area contributed by atoms with Gasteiger partial charge in [0.05, 0.1) is 5.41 Å². The Morgan fingerprint density at radius 2 is 1.00 bits per heavy atom. The van der Waals surface area contributed by atoms with Gasteiger partial charge < -0.3 is 9.32 Å². The van der Waals surface area contributed by atoms with E-state index in [2.05, 4.69) is 193 Å². The van der Waals surface area contributed by atoms with Crippen LogP contribution in [0, 0.1) is 0 Å². The maximum atomic E-state index is 6.45. The number of furan rings is 1. The van der Waals surface area contributed by atoms with E-state index < -0.39 is 5.41 Å². The van der Waals surface area contributed by atoms with Crippen molar-refractivity contribution < 1.29 is 4.42 Å². The molecule has 55 heavy (non-hydrogen) atoms. The van der Waals surface area contributed by atoms with E-state index in [9.17, 15) is 0 Å². The summed E-state index contributed by atoms with van der Waals surface area (Å²) >= 11 is 0. The minimum atomic E-state index is -0.555. The molecule has 0 bridgehead atoms. The van der Waals surface area contributed by atoms with Gasteiger partial charge in [0, 0.05) is 33.9 Å². The number of hydrogen-bond acceptors (Lipinski definition) is 2. The molecule has 1 atom stereocenters. The van der Waals surface area contributed by atoms with Crippen LogP contribution in [-0.2, 0) is 5.41 Å². The van der Waals surface area contributed by atoms with Crippen molar-refractivity contribution in [3.63, 3.8) is 0 Å². The van der Waals surface area contributed by atoms with Crippen LogP contribution in [0.2, 0.25) is 0 Å². The van der Waals surface area contributed by atoms with Gasteiger partial charge in [0.1, 0.15) is 11.2 Å². The Bertz CT molecular complexity index is 3150. The first-order valence-corrected chi connectivity index (χ1v) is 19.0. The fourth-order valence-electron chi connectivity index (χ4n) is 9.88. The second-order valence-corrected chi connectivity index (χ2v) is 14.8. The fraction of sp³-hybridized carbons (Fsp3) is 0.0189. The Balaban J connectivity index is 1.19. The van der Waals surface area contributed by atoms with Crippen LogP contribution in [0.5, 0.6) is 0 Å². The predicted octanol–water partition coefficient (Wildman–Crippen LogP) is 14.2. The van der Waals surface area contributed by atoms with Crippen molar-refractivity contribution in [2.45, 2.75) is 5.41 Å². The second kappa shape index (κ2) is 11.4. The molecule has 2 aliphatic rings. The van der Waals surface area contributed by atoms with Crippen LogP contribution in [0.4, 0.5) is 17.1 Å². The van der Waals surface area contributed by atoms with Gasteiger partial charge in [-0.05, 0) is 109 Å². The highest BCUT2D eigenvalue weighted by molar-refractivity contribution is 6.09. The van der Waals surface area contributed by atoms with Gasteiger partial charge in [0.15, 0.2) is 0 Å². The van der Waals surface area contributed by atoms with Crippen LogP contribution < -0.4 is 4.90 Å². The Labute approximate surface area is 319 Å². The second-order valence-electron chi connectivity index (χ2n) is 14.8. The lowest BCUT2D eigenvalue weighted by atomic mass is 9.61. The Kier molecular flexibility index (Phi) is 6.29. The standard InChI is InChI=1S/C53H33NO/c1-3-14-34(15-4-1)39-22-13-26-47-52(39)44-31-29-37(54(36-18-5-2-6-19-36)38-28-30-42-41-21-8-10-27-49(41)55-50(42)33-38)32-48(44)53(47)45-24-9-7-20-40(45)43-23-11-16-35-17-12-25-46(53)51(35)43/h1-33H. The Morgan fingerprint density at radius 1 is 0.364 bits per heavy atom. The smallest absolute Gasteiger partial charge is 0.137 e. The van der Waals surface area contributed by atoms with Crippen LogP contribution >= 0.6 is 0 Å². The van der Waals surface area contributed by atoms with Crippen molar-refractivity contribution in [1.29, 1.82) is 0 Å². The van der Waals surface area contributed by atoms with Gasteiger partial charge in [-0.1, -0.05) is 152 Å². The normalized spacial score (nSPS) is 15.0. The molecule has 1 unspecified atom stereocenters. The number of para-hydroxylation sites is 2. The molecule has 0 aliphatic heterocycles. The third-order valence-corrected chi connectivity index (χ3v) is 12.1. The van der Waals surface area contributed by atoms with E-state index in [0.717, 1.165) is 39.0 Å². The Morgan fingerprint density at radius 3 is 1.89 bits per heavy atom. The van der Waals surface area contributed by atoms with Crippen LogP contribution in [0.25, 0.3) is 66.1 Å². The lowest BCUT2D eigenvalue weighted by Gasteiger charge is -2.40. The Hall–Kier alpha value is -7.16. The first-order chi connectivity index (χ1) is 27.3. The highest BCUT2D eigenvalue weighted by atomic mass is 16.3. The molecule has 0 saturated carbocycles. The van der Waals surface area contributed by atoms with Crippen LogP contribution in [-0.4, -0.2) is 0 Å². The average molecular weight is 700 g/mol. The summed E-state index contributed by atoms with van der Waals surface area (Å²) in [5, 5.41) is 4.84. The summed E-state index contributed by atoms with van der Waals surface area (Å²) in [4.78, 5) is 2.38. The summed E-state index contributed by atoms with van der Waals surface area (Å²) in [6.45, 7) is 0. The van der Waals surface area contributed by atoms with E-state index in [4.69, 9.17) is 4.42 Å². The molecule has 10 aromatic rings.